The van der Waals surface area contributed by atoms with Gasteiger partial charge in [-0.1, -0.05) is 12.8 Å². The van der Waals surface area contributed by atoms with E-state index in [4.69, 9.17) is 10.5 Å². The normalized spacial score (nSPS) is 28.1. The smallest absolute Gasteiger partial charge is 0.249 e. The molecule has 1 heterocycles. The Bertz CT molecular complexity index is 309. The number of amides is 1. The molecule has 118 valence electrons. The lowest BCUT2D eigenvalue weighted by Crippen LogP contribution is -2.42. The van der Waals surface area contributed by atoms with Crippen molar-refractivity contribution in [3.63, 3.8) is 0 Å². The zero-order valence-corrected chi connectivity index (χ0v) is 12.8. The van der Waals surface area contributed by atoms with Crippen LogP contribution >= 0.6 is 12.4 Å². The SMILES string of the molecule is Cl.NC[C@H]1CC[C@@H](C(=O)NCC2(CCO)CCCC2)O1. The second-order valence-corrected chi connectivity index (χ2v) is 5.96. The molecule has 0 unspecified atom stereocenters. The Morgan fingerprint density at radius 1 is 1.35 bits per heavy atom. The van der Waals surface area contributed by atoms with Gasteiger partial charge in [-0.25, -0.2) is 0 Å². The monoisotopic (exact) mass is 306 g/mol. The van der Waals surface area contributed by atoms with E-state index in [-0.39, 0.29) is 42.5 Å². The van der Waals surface area contributed by atoms with Crippen molar-refractivity contribution in [2.24, 2.45) is 11.1 Å². The summed E-state index contributed by atoms with van der Waals surface area (Å²) < 4.78 is 5.59. The molecule has 2 rings (SSSR count). The van der Waals surface area contributed by atoms with Crippen molar-refractivity contribution in [2.45, 2.75) is 57.2 Å². The van der Waals surface area contributed by atoms with Gasteiger partial charge in [0, 0.05) is 19.7 Å². The van der Waals surface area contributed by atoms with Gasteiger partial charge in [-0.3, -0.25) is 4.79 Å². The lowest BCUT2D eigenvalue weighted by Gasteiger charge is -2.29. The second-order valence-electron chi connectivity index (χ2n) is 5.96. The minimum absolute atomic E-state index is 0. The molecule has 0 aromatic carbocycles. The first kappa shape index (κ1) is 17.7. The van der Waals surface area contributed by atoms with Gasteiger partial charge in [0.05, 0.1) is 6.10 Å². The first-order valence-electron chi connectivity index (χ1n) is 7.43. The van der Waals surface area contributed by atoms with Crippen molar-refractivity contribution in [2.75, 3.05) is 19.7 Å². The number of hydrogen-bond donors (Lipinski definition) is 3. The number of ether oxygens (including phenoxy) is 1. The van der Waals surface area contributed by atoms with E-state index in [1.807, 2.05) is 0 Å². The molecular weight excluding hydrogens is 280 g/mol. The molecule has 5 nitrogen and oxygen atoms in total. The zero-order valence-electron chi connectivity index (χ0n) is 12.0. The molecule has 0 bridgehead atoms. The summed E-state index contributed by atoms with van der Waals surface area (Å²) in [6, 6.07) is 0. The maximum atomic E-state index is 12.1. The summed E-state index contributed by atoms with van der Waals surface area (Å²) in [7, 11) is 0. The average molecular weight is 307 g/mol. The van der Waals surface area contributed by atoms with Crippen LogP contribution in [0, 0.1) is 5.41 Å². The van der Waals surface area contributed by atoms with Crippen molar-refractivity contribution in [1.29, 1.82) is 0 Å². The molecule has 2 aliphatic rings. The third-order valence-corrected chi connectivity index (χ3v) is 4.61. The predicted octanol–water partition coefficient (Wildman–Crippen LogP) is 0.973. The fourth-order valence-electron chi connectivity index (χ4n) is 3.34. The Hall–Kier alpha value is -0.360. The van der Waals surface area contributed by atoms with Gasteiger partial charge >= 0.3 is 0 Å². The Balaban J connectivity index is 0.00000200. The molecule has 20 heavy (non-hydrogen) atoms. The van der Waals surface area contributed by atoms with Gasteiger partial charge in [-0.05, 0) is 37.5 Å². The van der Waals surface area contributed by atoms with Crippen molar-refractivity contribution >= 4 is 18.3 Å². The van der Waals surface area contributed by atoms with Crippen LogP contribution in [-0.2, 0) is 9.53 Å². The van der Waals surface area contributed by atoms with Crippen LogP contribution in [0.5, 0.6) is 0 Å². The van der Waals surface area contributed by atoms with E-state index in [0.29, 0.717) is 13.1 Å². The maximum absolute atomic E-state index is 12.1. The molecule has 0 radical (unpaired) electrons. The lowest BCUT2D eigenvalue weighted by atomic mass is 9.83. The Kier molecular flexibility index (Phi) is 7.23. The fraction of sp³-hybridized carbons (Fsp3) is 0.929. The minimum atomic E-state index is -0.332. The zero-order chi connectivity index (χ0) is 13.7. The number of aliphatic hydroxyl groups excluding tert-OH is 1. The minimum Gasteiger partial charge on any atom is -0.396 e. The largest absolute Gasteiger partial charge is 0.396 e. The third kappa shape index (κ3) is 4.32. The summed E-state index contributed by atoms with van der Waals surface area (Å²) in [4.78, 5) is 12.1. The highest BCUT2D eigenvalue weighted by Crippen LogP contribution is 2.40. The summed E-state index contributed by atoms with van der Waals surface area (Å²) in [5, 5.41) is 12.2. The average Bonchev–Trinajstić information content (AvgIpc) is 3.06. The van der Waals surface area contributed by atoms with Crippen molar-refractivity contribution in [3.8, 4) is 0 Å². The number of halogens is 1. The molecule has 1 saturated heterocycles. The number of hydrogen-bond acceptors (Lipinski definition) is 4. The topological polar surface area (TPSA) is 84.6 Å². The molecule has 2 atom stereocenters. The molecule has 4 N–H and O–H groups in total. The van der Waals surface area contributed by atoms with Crippen LogP contribution in [0.2, 0.25) is 0 Å². The number of carbonyl (C=O) groups excluding carboxylic acids is 1. The van der Waals surface area contributed by atoms with E-state index in [1.54, 1.807) is 0 Å². The Morgan fingerprint density at radius 2 is 2.05 bits per heavy atom. The van der Waals surface area contributed by atoms with E-state index in [0.717, 1.165) is 32.1 Å². The fourth-order valence-corrected chi connectivity index (χ4v) is 3.34. The Labute approximate surface area is 127 Å². The molecule has 0 aromatic heterocycles. The van der Waals surface area contributed by atoms with Gasteiger partial charge in [0.15, 0.2) is 0 Å². The van der Waals surface area contributed by atoms with E-state index in [9.17, 15) is 9.90 Å². The van der Waals surface area contributed by atoms with E-state index in [2.05, 4.69) is 5.32 Å². The first-order valence-corrected chi connectivity index (χ1v) is 7.43. The molecule has 1 amide bonds. The summed E-state index contributed by atoms with van der Waals surface area (Å²) >= 11 is 0. The van der Waals surface area contributed by atoms with Gasteiger partial charge in [-0.15, -0.1) is 12.4 Å². The lowest BCUT2D eigenvalue weighted by molar-refractivity contribution is -0.132. The third-order valence-electron chi connectivity index (χ3n) is 4.61. The van der Waals surface area contributed by atoms with Crippen LogP contribution in [-0.4, -0.2) is 42.9 Å². The number of rotatable bonds is 6. The molecule has 1 aliphatic carbocycles. The highest BCUT2D eigenvalue weighted by molar-refractivity contribution is 5.85. The molecule has 0 spiro atoms. The van der Waals surface area contributed by atoms with Crippen LogP contribution < -0.4 is 11.1 Å². The highest BCUT2D eigenvalue weighted by atomic mass is 35.5. The quantitative estimate of drug-likeness (QED) is 0.683. The van der Waals surface area contributed by atoms with Crippen LogP contribution in [0.4, 0.5) is 0 Å². The number of nitrogens with two attached hydrogens (primary N) is 1. The van der Waals surface area contributed by atoms with Gasteiger partial charge in [0.1, 0.15) is 6.10 Å². The molecule has 1 saturated carbocycles. The van der Waals surface area contributed by atoms with Gasteiger partial charge in [0.25, 0.3) is 0 Å². The summed E-state index contributed by atoms with van der Waals surface area (Å²) in [6.07, 6.45) is 6.72. The van der Waals surface area contributed by atoms with Gasteiger partial charge in [-0.2, -0.15) is 0 Å². The molecular formula is C14H27ClN2O3. The summed E-state index contributed by atoms with van der Waals surface area (Å²) in [6.45, 7) is 1.35. The van der Waals surface area contributed by atoms with Crippen LogP contribution in [0.25, 0.3) is 0 Å². The summed E-state index contributed by atoms with van der Waals surface area (Å²) in [5.74, 6) is -0.0137. The molecule has 1 aliphatic heterocycles. The van der Waals surface area contributed by atoms with Gasteiger partial charge < -0.3 is 20.9 Å². The molecule has 0 aromatic rings. The summed E-state index contributed by atoms with van der Waals surface area (Å²) in [5.41, 5.74) is 5.65. The number of aliphatic hydroxyl groups is 1. The predicted molar refractivity (Wildman–Crippen MR) is 79.8 cm³/mol. The van der Waals surface area contributed by atoms with Crippen molar-refractivity contribution in [1.82, 2.24) is 5.32 Å². The van der Waals surface area contributed by atoms with E-state index < -0.39 is 0 Å². The molecule has 2 fully saturated rings. The standard InChI is InChI=1S/C14H26N2O3.ClH/c15-9-11-3-4-12(19-11)13(18)16-10-14(7-8-17)5-1-2-6-14;/h11-12,17H,1-10,15H2,(H,16,18);1H/t11-,12+;/m1./s1. The first-order chi connectivity index (χ1) is 9.19. The maximum Gasteiger partial charge on any atom is 0.249 e. The highest BCUT2D eigenvalue weighted by Gasteiger charge is 2.35. The second kappa shape index (κ2) is 8.17. The van der Waals surface area contributed by atoms with Crippen LogP contribution in [0.1, 0.15) is 44.9 Å². The van der Waals surface area contributed by atoms with Crippen LogP contribution in [0.15, 0.2) is 0 Å². The van der Waals surface area contributed by atoms with Crippen molar-refractivity contribution < 1.29 is 14.6 Å². The van der Waals surface area contributed by atoms with Crippen LogP contribution in [0.3, 0.4) is 0 Å². The number of nitrogens with one attached hydrogen (secondary N) is 1. The Morgan fingerprint density at radius 3 is 2.60 bits per heavy atom. The van der Waals surface area contributed by atoms with E-state index in [1.165, 1.54) is 12.8 Å². The van der Waals surface area contributed by atoms with E-state index >= 15 is 0 Å². The number of carbonyl (C=O) groups is 1. The van der Waals surface area contributed by atoms with Crippen molar-refractivity contribution in [3.05, 3.63) is 0 Å². The van der Waals surface area contributed by atoms with Gasteiger partial charge in [0.2, 0.25) is 5.91 Å². The molecule has 6 heteroatoms.